The summed E-state index contributed by atoms with van der Waals surface area (Å²) in [6.07, 6.45) is 3.76. The van der Waals surface area contributed by atoms with Crippen molar-refractivity contribution in [2.45, 2.75) is 25.7 Å². The summed E-state index contributed by atoms with van der Waals surface area (Å²) < 4.78 is 0. The van der Waals surface area contributed by atoms with Gasteiger partial charge in [-0.15, -0.1) is 12.4 Å². The highest BCUT2D eigenvalue weighted by Crippen LogP contribution is 2.30. The molecule has 1 aliphatic carbocycles. The molecule has 0 saturated heterocycles. The lowest BCUT2D eigenvalue weighted by Crippen LogP contribution is -2.36. The predicted octanol–water partition coefficient (Wildman–Crippen LogP) is 1.24. The molecule has 22 heavy (non-hydrogen) atoms. The third-order valence-electron chi connectivity index (χ3n) is 4.22. The summed E-state index contributed by atoms with van der Waals surface area (Å²) in [7, 11) is 0. The van der Waals surface area contributed by atoms with Crippen LogP contribution in [-0.4, -0.2) is 24.9 Å². The molecule has 2 rings (SSSR count). The predicted molar refractivity (Wildman–Crippen MR) is 88.8 cm³/mol. The third kappa shape index (κ3) is 4.71. The average molecular weight is 326 g/mol. The Kier molecular flexibility index (Phi) is 7.35. The second-order valence-corrected chi connectivity index (χ2v) is 5.64. The van der Waals surface area contributed by atoms with Crippen molar-refractivity contribution in [1.82, 2.24) is 5.32 Å². The monoisotopic (exact) mass is 325 g/mol. The van der Waals surface area contributed by atoms with Gasteiger partial charge in [0.05, 0.1) is 0 Å². The van der Waals surface area contributed by atoms with Crippen LogP contribution in [0.3, 0.4) is 0 Å². The van der Waals surface area contributed by atoms with Gasteiger partial charge in [-0.1, -0.05) is 18.6 Å². The van der Waals surface area contributed by atoms with Gasteiger partial charge in [-0.2, -0.15) is 0 Å². The summed E-state index contributed by atoms with van der Waals surface area (Å²) in [5, 5.41) is 2.98. The van der Waals surface area contributed by atoms with E-state index in [-0.39, 0.29) is 24.2 Å². The number of carbonyl (C=O) groups excluding carboxylic acids is 2. The van der Waals surface area contributed by atoms with E-state index >= 15 is 0 Å². The van der Waals surface area contributed by atoms with Crippen LogP contribution in [0.15, 0.2) is 24.3 Å². The van der Waals surface area contributed by atoms with Crippen molar-refractivity contribution in [3.05, 3.63) is 35.4 Å². The lowest BCUT2D eigenvalue weighted by Gasteiger charge is -2.17. The Balaban J connectivity index is 0.00000242. The summed E-state index contributed by atoms with van der Waals surface area (Å²) >= 11 is 0. The molecule has 0 radical (unpaired) electrons. The van der Waals surface area contributed by atoms with E-state index in [1.165, 1.54) is 0 Å². The Morgan fingerprint density at radius 1 is 1.27 bits per heavy atom. The second-order valence-electron chi connectivity index (χ2n) is 5.64. The molecule has 5 N–H and O–H groups in total. The Bertz CT molecular complexity index is 522. The first-order valence-corrected chi connectivity index (χ1v) is 7.48. The summed E-state index contributed by atoms with van der Waals surface area (Å²) in [5.41, 5.74) is 12.4. The molecule has 0 bridgehead atoms. The second kappa shape index (κ2) is 8.76. The van der Waals surface area contributed by atoms with Crippen LogP contribution in [-0.2, 0) is 11.2 Å². The quantitative estimate of drug-likeness (QED) is 0.734. The maximum absolute atomic E-state index is 12.1. The molecule has 2 amide bonds. The molecule has 0 aromatic heterocycles. The fourth-order valence-electron chi connectivity index (χ4n) is 3.01. The number of amides is 2. The number of halogens is 1. The van der Waals surface area contributed by atoms with E-state index in [0.717, 1.165) is 24.8 Å². The van der Waals surface area contributed by atoms with Crippen molar-refractivity contribution in [1.29, 1.82) is 0 Å². The van der Waals surface area contributed by atoms with E-state index < -0.39 is 5.91 Å². The van der Waals surface area contributed by atoms with Gasteiger partial charge in [0.1, 0.15) is 0 Å². The molecule has 122 valence electrons. The molecule has 0 aliphatic heterocycles. The van der Waals surface area contributed by atoms with Gasteiger partial charge < -0.3 is 16.8 Å². The van der Waals surface area contributed by atoms with E-state index in [2.05, 4.69) is 5.32 Å². The van der Waals surface area contributed by atoms with E-state index in [1.807, 2.05) is 6.07 Å². The van der Waals surface area contributed by atoms with Crippen LogP contribution in [0.5, 0.6) is 0 Å². The van der Waals surface area contributed by atoms with Crippen LogP contribution in [0.4, 0.5) is 0 Å². The highest BCUT2D eigenvalue weighted by Gasteiger charge is 2.31. The highest BCUT2D eigenvalue weighted by atomic mass is 35.5. The molecule has 2 atom stereocenters. The number of rotatable bonds is 6. The van der Waals surface area contributed by atoms with E-state index in [0.29, 0.717) is 31.0 Å². The minimum Gasteiger partial charge on any atom is -0.366 e. The number of nitrogens with one attached hydrogen (secondary N) is 1. The number of hydrogen-bond donors (Lipinski definition) is 3. The SMILES string of the molecule is Cl.NC[C@H]1CCC[C@H]1C(=O)NCCc1cccc(C(N)=O)c1. The first kappa shape index (κ1) is 18.5. The van der Waals surface area contributed by atoms with Crippen LogP contribution in [0.25, 0.3) is 0 Å². The van der Waals surface area contributed by atoms with E-state index in [4.69, 9.17) is 11.5 Å². The molecular weight excluding hydrogens is 302 g/mol. The van der Waals surface area contributed by atoms with Crippen molar-refractivity contribution in [2.24, 2.45) is 23.3 Å². The van der Waals surface area contributed by atoms with E-state index in [1.54, 1.807) is 18.2 Å². The molecule has 1 aromatic carbocycles. The molecule has 0 spiro atoms. The zero-order chi connectivity index (χ0) is 15.2. The van der Waals surface area contributed by atoms with Gasteiger partial charge in [-0.3, -0.25) is 9.59 Å². The number of nitrogens with two attached hydrogens (primary N) is 2. The minimum absolute atomic E-state index is 0. The summed E-state index contributed by atoms with van der Waals surface area (Å²) in [6, 6.07) is 7.19. The van der Waals surface area contributed by atoms with Crippen LogP contribution in [0.1, 0.15) is 35.2 Å². The van der Waals surface area contributed by atoms with E-state index in [9.17, 15) is 9.59 Å². The molecule has 1 aromatic rings. The molecule has 5 nitrogen and oxygen atoms in total. The fraction of sp³-hybridized carbons (Fsp3) is 0.500. The number of carbonyl (C=O) groups is 2. The van der Waals surface area contributed by atoms with Crippen molar-refractivity contribution in [2.75, 3.05) is 13.1 Å². The summed E-state index contributed by atoms with van der Waals surface area (Å²) in [5.74, 6) is 0.0572. The zero-order valence-corrected chi connectivity index (χ0v) is 13.4. The van der Waals surface area contributed by atoms with Crippen LogP contribution >= 0.6 is 12.4 Å². The van der Waals surface area contributed by atoms with Crippen molar-refractivity contribution < 1.29 is 9.59 Å². The molecule has 1 saturated carbocycles. The Labute approximate surface area is 137 Å². The average Bonchev–Trinajstić information content (AvgIpc) is 2.96. The summed E-state index contributed by atoms with van der Waals surface area (Å²) in [6.45, 7) is 1.15. The normalized spacial score (nSPS) is 20.2. The summed E-state index contributed by atoms with van der Waals surface area (Å²) in [4.78, 5) is 23.3. The minimum atomic E-state index is -0.433. The molecule has 6 heteroatoms. The number of benzene rings is 1. The first-order chi connectivity index (χ1) is 10.1. The molecule has 1 aliphatic rings. The zero-order valence-electron chi connectivity index (χ0n) is 12.6. The topological polar surface area (TPSA) is 98.2 Å². The molecule has 1 fully saturated rings. The van der Waals surface area contributed by atoms with Gasteiger partial charge >= 0.3 is 0 Å². The number of primary amides is 1. The largest absolute Gasteiger partial charge is 0.366 e. The smallest absolute Gasteiger partial charge is 0.248 e. The van der Waals surface area contributed by atoms with Gasteiger partial charge in [-0.05, 0) is 49.4 Å². The third-order valence-corrected chi connectivity index (χ3v) is 4.22. The molecule has 0 heterocycles. The first-order valence-electron chi connectivity index (χ1n) is 7.48. The van der Waals surface area contributed by atoms with Crippen molar-refractivity contribution in [3.8, 4) is 0 Å². The standard InChI is InChI=1S/C16H23N3O2.ClH/c17-10-13-5-2-6-14(13)16(21)19-8-7-11-3-1-4-12(9-11)15(18)20;/h1,3-4,9,13-14H,2,5-8,10,17H2,(H2,18,20)(H,19,21);1H/t13-,14-;/m1./s1. The lowest BCUT2D eigenvalue weighted by molar-refractivity contribution is -0.125. The maximum Gasteiger partial charge on any atom is 0.248 e. The van der Waals surface area contributed by atoms with Crippen LogP contribution < -0.4 is 16.8 Å². The van der Waals surface area contributed by atoms with Crippen molar-refractivity contribution in [3.63, 3.8) is 0 Å². The maximum atomic E-state index is 12.1. The fourth-order valence-corrected chi connectivity index (χ4v) is 3.01. The molecular formula is C16H24ClN3O2. The van der Waals surface area contributed by atoms with Crippen LogP contribution in [0, 0.1) is 11.8 Å². The van der Waals surface area contributed by atoms with Gasteiger partial charge in [0.15, 0.2) is 0 Å². The lowest BCUT2D eigenvalue weighted by atomic mass is 9.95. The van der Waals surface area contributed by atoms with Gasteiger partial charge in [0, 0.05) is 18.0 Å². The van der Waals surface area contributed by atoms with Gasteiger partial charge in [0.2, 0.25) is 11.8 Å². The highest BCUT2D eigenvalue weighted by molar-refractivity contribution is 5.92. The Morgan fingerprint density at radius 2 is 2.05 bits per heavy atom. The van der Waals surface area contributed by atoms with Gasteiger partial charge in [-0.25, -0.2) is 0 Å². The van der Waals surface area contributed by atoms with Crippen LogP contribution in [0.2, 0.25) is 0 Å². The number of hydrogen-bond acceptors (Lipinski definition) is 3. The van der Waals surface area contributed by atoms with Gasteiger partial charge in [0.25, 0.3) is 0 Å². The molecule has 0 unspecified atom stereocenters. The Hall–Kier alpha value is -1.59. The Morgan fingerprint density at radius 3 is 2.73 bits per heavy atom. The van der Waals surface area contributed by atoms with Crippen molar-refractivity contribution >= 4 is 24.2 Å².